The summed E-state index contributed by atoms with van der Waals surface area (Å²) in [7, 11) is 0. The molecule has 1 aliphatic carbocycles. The summed E-state index contributed by atoms with van der Waals surface area (Å²) in [6.45, 7) is 2.23. The molecule has 142 valence electrons. The molecule has 3 rings (SSSR count). The maximum atomic E-state index is 13.4. The molecule has 1 aromatic heterocycles. The zero-order valence-electron chi connectivity index (χ0n) is 14.3. The molecule has 2 aliphatic rings. The summed E-state index contributed by atoms with van der Waals surface area (Å²) in [6.07, 6.45) is 6.55. The second-order valence-corrected chi connectivity index (χ2v) is 6.12. The molecular formula is C16H20F2N4O4. The highest BCUT2D eigenvalue weighted by Gasteiger charge is 2.38. The summed E-state index contributed by atoms with van der Waals surface area (Å²) < 4.78 is 36.7. The van der Waals surface area contributed by atoms with Gasteiger partial charge in [-0.25, -0.2) is 18.4 Å². The maximum Gasteiger partial charge on any atom is 0.302 e. The van der Waals surface area contributed by atoms with E-state index in [2.05, 4.69) is 14.9 Å². The molecule has 26 heavy (non-hydrogen) atoms. The average molecular weight is 370 g/mol. The van der Waals surface area contributed by atoms with Gasteiger partial charge in [0, 0.05) is 19.4 Å². The van der Waals surface area contributed by atoms with Crippen LogP contribution in [-0.2, 0) is 4.84 Å². The number of carbonyl (C=O) groups excluding carboxylic acids is 1. The number of amides is 1. The van der Waals surface area contributed by atoms with Gasteiger partial charge in [0.15, 0.2) is 0 Å². The number of allylic oxidation sites excluding steroid dienone is 2. The summed E-state index contributed by atoms with van der Waals surface area (Å²) in [5, 5.41) is 9.72. The van der Waals surface area contributed by atoms with E-state index in [4.69, 9.17) is 9.57 Å². The third kappa shape index (κ3) is 4.12. The van der Waals surface area contributed by atoms with Gasteiger partial charge in [0.05, 0.1) is 12.8 Å². The molecule has 0 spiro atoms. The number of halogens is 2. The van der Waals surface area contributed by atoms with Gasteiger partial charge in [-0.15, -0.1) is 5.17 Å². The molecule has 1 aromatic rings. The predicted octanol–water partition coefficient (Wildman–Crippen LogP) is 2.93. The highest BCUT2D eigenvalue weighted by Crippen LogP contribution is 2.36. The lowest BCUT2D eigenvalue weighted by Gasteiger charge is -2.36. The van der Waals surface area contributed by atoms with Crippen LogP contribution < -0.4 is 4.74 Å². The molecule has 1 amide bonds. The van der Waals surface area contributed by atoms with Crippen molar-refractivity contribution >= 4 is 5.91 Å². The minimum atomic E-state index is -2.63. The van der Waals surface area contributed by atoms with E-state index < -0.39 is 11.8 Å². The highest BCUT2D eigenvalue weighted by atomic mass is 19.3. The Hall–Kier alpha value is -2.65. The quantitative estimate of drug-likeness (QED) is 0.761. The van der Waals surface area contributed by atoms with Crippen molar-refractivity contribution in [2.45, 2.75) is 38.5 Å². The van der Waals surface area contributed by atoms with E-state index in [0.717, 1.165) is 0 Å². The van der Waals surface area contributed by atoms with Crippen LogP contribution in [0.4, 0.5) is 8.78 Å². The van der Waals surface area contributed by atoms with Crippen LogP contribution in [-0.4, -0.2) is 45.5 Å². The van der Waals surface area contributed by atoms with Gasteiger partial charge in [-0.05, 0) is 48.1 Å². The molecule has 0 aromatic carbocycles. The van der Waals surface area contributed by atoms with Crippen molar-refractivity contribution in [1.29, 1.82) is 0 Å². The van der Waals surface area contributed by atoms with Gasteiger partial charge in [-0.1, -0.05) is 0 Å². The van der Waals surface area contributed by atoms with Crippen molar-refractivity contribution in [3.05, 3.63) is 30.3 Å². The standard InChI is InChI=1S/C16H20F2N4O4/c1-2-24-14-13(19-26-20-14)15(23)21(22-9-3-4-10-25-22)11-12-5-7-16(17,18)8-6-12/h3-4,9-10,12H,2,5-8,11H2,1H3. The van der Waals surface area contributed by atoms with E-state index in [9.17, 15) is 13.6 Å². The van der Waals surface area contributed by atoms with Gasteiger partial charge in [0.1, 0.15) is 6.26 Å². The number of hydrogen-bond donors (Lipinski definition) is 0. The molecule has 0 unspecified atom stereocenters. The second-order valence-electron chi connectivity index (χ2n) is 6.12. The minimum Gasteiger partial charge on any atom is -0.474 e. The van der Waals surface area contributed by atoms with Crippen LogP contribution in [0.3, 0.4) is 0 Å². The molecule has 1 aliphatic heterocycles. The van der Waals surface area contributed by atoms with Gasteiger partial charge in [-0.2, -0.15) is 0 Å². The van der Waals surface area contributed by atoms with E-state index in [1.165, 1.54) is 16.4 Å². The van der Waals surface area contributed by atoms with Crippen LogP contribution in [0.1, 0.15) is 43.1 Å². The normalized spacial score (nSPS) is 19.3. The van der Waals surface area contributed by atoms with Crippen molar-refractivity contribution in [2.24, 2.45) is 5.92 Å². The van der Waals surface area contributed by atoms with Crippen LogP contribution in [0.15, 0.2) is 29.2 Å². The van der Waals surface area contributed by atoms with Crippen molar-refractivity contribution < 1.29 is 27.8 Å². The average Bonchev–Trinajstić information content (AvgIpc) is 3.10. The number of hydroxylamine groups is 1. The third-order valence-corrected chi connectivity index (χ3v) is 4.25. The SMILES string of the molecule is CCOc1nonc1C(=O)N(CC1CCC(F)(F)CC1)N1C=CC=CO1. The predicted molar refractivity (Wildman–Crippen MR) is 84.6 cm³/mol. The van der Waals surface area contributed by atoms with Crippen molar-refractivity contribution in [1.82, 2.24) is 20.5 Å². The lowest BCUT2D eigenvalue weighted by Crippen LogP contribution is -2.47. The second kappa shape index (κ2) is 7.71. The summed E-state index contributed by atoms with van der Waals surface area (Å²) in [5.74, 6) is -3.29. The fourth-order valence-electron chi connectivity index (χ4n) is 2.88. The van der Waals surface area contributed by atoms with Gasteiger partial charge in [-0.3, -0.25) is 4.79 Å². The monoisotopic (exact) mass is 370 g/mol. The Labute approximate surface area is 148 Å². The summed E-state index contributed by atoms with van der Waals surface area (Å²) in [5.41, 5.74) is -0.0976. The van der Waals surface area contributed by atoms with Crippen molar-refractivity contribution in [3.63, 3.8) is 0 Å². The van der Waals surface area contributed by atoms with E-state index in [-0.39, 0.29) is 43.5 Å². The number of rotatable bonds is 6. The number of alkyl halides is 2. The first kappa shape index (κ1) is 18.2. The molecule has 0 saturated heterocycles. The number of hydrazine groups is 1. The molecule has 0 atom stereocenters. The van der Waals surface area contributed by atoms with Crippen LogP contribution in [0.2, 0.25) is 0 Å². The fourth-order valence-corrected chi connectivity index (χ4v) is 2.88. The Kier molecular flexibility index (Phi) is 5.38. The first-order valence-electron chi connectivity index (χ1n) is 8.44. The zero-order chi connectivity index (χ0) is 18.6. The number of aromatic nitrogens is 2. The Bertz CT molecular complexity index is 682. The summed E-state index contributed by atoms with van der Waals surface area (Å²) in [6, 6.07) is 0. The van der Waals surface area contributed by atoms with Crippen LogP contribution in [0, 0.1) is 5.92 Å². The van der Waals surface area contributed by atoms with Gasteiger partial charge in [0.25, 0.3) is 5.88 Å². The van der Waals surface area contributed by atoms with Gasteiger partial charge >= 0.3 is 5.91 Å². The molecule has 0 bridgehead atoms. The Morgan fingerprint density at radius 3 is 2.81 bits per heavy atom. The zero-order valence-corrected chi connectivity index (χ0v) is 14.3. The Balaban J connectivity index is 1.77. The molecule has 10 heteroatoms. The fraction of sp³-hybridized carbons (Fsp3) is 0.562. The van der Waals surface area contributed by atoms with Crippen LogP contribution >= 0.6 is 0 Å². The van der Waals surface area contributed by atoms with E-state index in [0.29, 0.717) is 12.8 Å². The lowest BCUT2D eigenvalue weighted by molar-refractivity contribution is -0.196. The van der Waals surface area contributed by atoms with Gasteiger partial charge < -0.3 is 9.57 Å². The minimum absolute atomic E-state index is 0.0193. The molecule has 1 saturated carbocycles. The van der Waals surface area contributed by atoms with Crippen LogP contribution in [0.5, 0.6) is 5.88 Å². The first-order valence-corrected chi connectivity index (χ1v) is 8.44. The van der Waals surface area contributed by atoms with E-state index in [1.54, 1.807) is 25.3 Å². The molecule has 2 heterocycles. The Morgan fingerprint density at radius 1 is 1.38 bits per heavy atom. The third-order valence-electron chi connectivity index (χ3n) is 4.25. The first-order chi connectivity index (χ1) is 12.5. The van der Waals surface area contributed by atoms with Gasteiger partial charge in [0.2, 0.25) is 11.6 Å². The smallest absolute Gasteiger partial charge is 0.302 e. The van der Waals surface area contributed by atoms with E-state index in [1.807, 2.05) is 0 Å². The molecule has 0 radical (unpaired) electrons. The number of nitrogens with zero attached hydrogens (tertiary/aromatic N) is 4. The summed E-state index contributed by atoms with van der Waals surface area (Å²) in [4.78, 5) is 18.3. The largest absolute Gasteiger partial charge is 0.474 e. The molecule has 8 nitrogen and oxygen atoms in total. The molecule has 1 fully saturated rings. The topological polar surface area (TPSA) is 80.9 Å². The van der Waals surface area contributed by atoms with Crippen molar-refractivity contribution in [3.8, 4) is 5.88 Å². The highest BCUT2D eigenvalue weighted by molar-refractivity contribution is 5.93. The maximum absolute atomic E-state index is 13.4. The van der Waals surface area contributed by atoms with Crippen molar-refractivity contribution in [2.75, 3.05) is 13.2 Å². The van der Waals surface area contributed by atoms with Crippen LogP contribution in [0.25, 0.3) is 0 Å². The summed E-state index contributed by atoms with van der Waals surface area (Å²) >= 11 is 0. The number of ether oxygens (including phenoxy) is 1. The number of hydrogen-bond acceptors (Lipinski definition) is 7. The lowest BCUT2D eigenvalue weighted by atomic mass is 9.86. The molecular weight excluding hydrogens is 350 g/mol. The number of carbonyl (C=O) groups is 1. The van der Waals surface area contributed by atoms with E-state index >= 15 is 0 Å². The Morgan fingerprint density at radius 2 is 2.15 bits per heavy atom. The molecule has 0 N–H and O–H groups in total.